The third-order valence-corrected chi connectivity index (χ3v) is 5.47. The molecule has 1 saturated carbocycles. The maximum absolute atomic E-state index is 4.70. The van der Waals surface area contributed by atoms with E-state index < -0.39 is 0 Å². The van der Waals surface area contributed by atoms with Gasteiger partial charge in [-0.15, -0.1) is 5.10 Å². The molecular formula is C17H24N6S. The lowest BCUT2D eigenvalue weighted by atomic mass is 9.93. The lowest BCUT2D eigenvalue weighted by Gasteiger charge is -2.13. The maximum Gasteiger partial charge on any atom is 0.214 e. The van der Waals surface area contributed by atoms with Crippen molar-refractivity contribution in [3.05, 3.63) is 29.8 Å². The molecule has 0 atom stereocenters. The molecule has 0 aliphatic heterocycles. The predicted molar refractivity (Wildman–Crippen MR) is 96.6 cm³/mol. The zero-order chi connectivity index (χ0) is 16.7. The van der Waals surface area contributed by atoms with Crippen LogP contribution in [0.3, 0.4) is 0 Å². The highest BCUT2D eigenvalue weighted by Crippen LogP contribution is 2.29. The molecule has 0 radical (unpaired) electrons. The third kappa shape index (κ3) is 3.05. The van der Waals surface area contributed by atoms with Crippen LogP contribution in [-0.4, -0.2) is 24.4 Å². The van der Waals surface area contributed by atoms with Gasteiger partial charge in [-0.1, -0.05) is 44.9 Å². The van der Waals surface area contributed by atoms with E-state index >= 15 is 0 Å². The standard InChI is InChI=1S/C17H24N6S/c1-17(2,3)14-11-23-16(19-14)24-15(21-23)18-10-12-8-9-22(20-12)13-6-4-5-7-13/h8-9,11,13H,4-7,10H2,1-3H3,(H,18,21). The third-order valence-electron chi connectivity index (χ3n) is 4.59. The average molecular weight is 344 g/mol. The Morgan fingerprint density at radius 2 is 2.04 bits per heavy atom. The van der Waals surface area contributed by atoms with Crippen LogP contribution in [0.5, 0.6) is 0 Å². The lowest BCUT2D eigenvalue weighted by Crippen LogP contribution is -2.11. The summed E-state index contributed by atoms with van der Waals surface area (Å²) in [5.74, 6) is 0. The molecule has 1 aliphatic carbocycles. The van der Waals surface area contributed by atoms with Crippen LogP contribution in [0.2, 0.25) is 0 Å². The predicted octanol–water partition coefficient (Wildman–Crippen LogP) is 4.01. The second-order valence-corrected chi connectivity index (χ2v) is 8.55. The number of hydrogen-bond acceptors (Lipinski definition) is 5. The molecule has 128 valence electrons. The van der Waals surface area contributed by atoms with E-state index in [1.807, 2.05) is 10.7 Å². The minimum Gasteiger partial charge on any atom is -0.354 e. The summed E-state index contributed by atoms with van der Waals surface area (Å²) in [6, 6.07) is 2.69. The first kappa shape index (κ1) is 15.6. The van der Waals surface area contributed by atoms with Gasteiger partial charge in [0.2, 0.25) is 10.1 Å². The first-order chi connectivity index (χ1) is 11.5. The van der Waals surface area contributed by atoms with E-state index in [2.05, 4.69) is 53.1 Å². The number of nitrogens with one attached hydrogen (secondary N) is 1. The summed E-state index contributed by atoms with van der Waals surface area (Å²) >= 11 is 1.58. The van der Waals surface area contributed by atoms with E-state index in [-0.39, 0.29) is 5.41 Å². The minimum atomic E-state index is 0.0497. The molecule has 3 aromatic heterocycles. The van der Waals surface area contributed by atoms with Crippen molar-refractivity contribution in [1.82, 2.24) is 24.4 Å². The molecule has 24 heavy (non-hydrogen) atoms. The summed E-state index contributed by atoms with van der Waals surface area (Å²) in [7, 11) is 0. The summed E-state index contributed by atoms with van der Waals surface area (Å²) in [6.07, 6.45) is 9.30. The first-order valence-corrected chi connectivity index (χ1v) is 9.45. The first-order valence-electron chi connectivity index (χ1n) is 8.64. The van der Waals surface area contributed by atoms with Gasteiger partial charge in [-0.2, -0.15) is 5.10 Å². The van der Waals surface area contributed by atoms with E-state index in [1.54, 1.807) is 11.3 Å². The van der Waals surface area contributed by atoms with Gasteiger partial charge in [-0.3, -0.25) is 4.68 Å². The van der Waals surface area contributed by atoms with Gasteiger partial charge in [0.05, 0.1) is 30.2 Å². The average Bonchev–Trinajstić information content (AvgIpc) is 3.26. The lowest BCUT2D eigenvalue weighted by molar-refractivity contribution is 0.463. The van der Waals surface area contributed by atoms with E-state index in [9.17, 15) is 0 Å². The molecule has 7 heteroatoms. The molecule has 4 rings (SSSR count). The van der Waals surface area contributed by atoms with E-state index in [1.165, 1.54) is 25.7 Å². The molecule has 1 aliphatic rings. The molecule has 1 N–H and O–H groups in total. The highest BCUT2D eigenvalue weighted by molar-refractivity contribution is 7.20. The number of hydrogen-bond donors (Lipinski definition) is 1. The Morgan fingerprint density at radius 3 is 2.75 bits per heavy atom. The summed E-state index contributed by atoms with van der Waals surface area (Å²) in [6.45, 7) is 7.19. The summed E-state index contributed by atoms with van der Waals surface area (Å²) in [5, 5.41) is 13.5. The van der Waals surface area contributed by atoms with Crippen molar-refractivity contribution < 1.29 is 0 Å². The molecule has 0 bridgehead atoms. The van der Waals surface area contributed by atoms with Gasteiger partial charge in [-0.05, 0) is 18.9 Å². The van der Waals surface area contributed by atoms with Gasteiger partial charge < -0.3 is 5.32 Å². The number of rotatable bonds is 4. The maximum atomic E-state index is 4.70. The molecule has 0 unspecified atom stereocenters. The van der Waals surface area contributed by atoms with Crippen LogP contribution < -0.4 is 5.32 Å². The van der Waals surface area contributed by atoms with Crippen LogP contribution in [0, 0.1) is 0 Å². The summed E-state index contributed by atoms with van der Waals surface area (Å²) < 4.78 is 4.00. The van der Waals surface area contributed by atoms with Gasteiger partial charge in [0, 0.05) is 11.6 Å². The number of imidazole rings is 1. The van der Waals surface area contributed by atoms with Crippen molar-refractivity contribution in [2.75, 3.05) is 5.32 Å². The molecule has 0 aromatic carbocycles. The zero-order valence-corrected chi connectivity index (χ0v) is 15.3. The van der Waals surface area contributed by atoms with Crippen molar-refractivity contribution in [1.29, 1.82) is 0 Å². The normalized spacial score (nSPS) is 16.3. The number of nitrogens with zero attached hydrogens (tertiary/aromatic N) is 5. The fraction of sp³-hybridized carbons (Fsp3) is 0.588. The van der Waals surface area contributed by atoms with Crippen LogP contribution in [0.4, 0.5) is 5.13 Å². The van der Waals surface area contributed by atoms with Crippen molar-refractivity contribution in [3.63, 3.8) is 0 Å². The number of anilines is 1. The quantitative estimate of drug-likeness (QED) is 0.777. The fourth-order valence-electron chi connectivity index (χ4n) is 3.14. The van der Waals surface area contributed by atoms with E-state index in [4.69, 9.17) is 5.10 Å². The van der Waals surface area contributed by atoms with E-state index in [0.717, 1.165) is 21.5 Å². The summed E-state index contributed by atoms with van der Waals surface area (Å²) in [5.41, 5.74) is 2.18. The molecule has 0 amide bonds. The van der Waals surface area contributed by atoms with Gasteiger partial charge >= 0.3 is 0 Å². The van der Waals surface area contributed by atoms with Gasteiger partial charge in [0.25, 0.3) is 0 Å². The Labute approximate surface area is 145 Å². The SMILES string of the molecule is CC(C)(C)c1cn2nc(NCc3ccn(C4CCCC4)n3)sc2n1. The van der Waals surface area contributed by atoms with Crippen molar-refractivity contribution in [2.24, 2.45) is 0 Å². The largest absolute Gasteiger partial charge is 0.354 e. The molecule has 6 nitrogen and oxygen atoms in total. The molecule has 3 heterocycles. The Bertz CT molecular complexity index is 799. The molecule has 1 fully saturated rings. The molecule has 0 spiro atoms. The highest BCUT2D eigenvalue weighted by Gasteiger charge is 2.20. The topological polar surface area (TPSA) is 60.0 Å². The van der Waals surface area contributed by atoms with Crippen LogP contribution in [0.1, 0.15) is 63.9 Å². The van der Waals surface area contributed by atoms with Gasteiger partial charge in [-0.25, -0.2) is 9.50 Å². The number of aromatic nitrogens is 5. The van der Waals surface area contributed by atoms with E-state index in [0.29, 0.717) is 12.6 Å². The van der Waals surface area contributed by atoms with Crippen LogP contribution in [-0.2, 0) is 12.0 Å². The Kier molecular flexibility index (Phi) is 3.83. The van der Waals surface area contributed by atoms with Crippen LogP contribution in [0.25, 0.3) is 4.96 Å². The monoisotopic (exact) mass is 344 g/mol. The van der Waals surface area contributed by atoms with Gasteiger partial charge in [0.15, 0.2) is 0 Å². The molecule has 3 aromatic rings. The fourth-order valence-corrected chi connectivity index (χ4v) is 3.92. The minimum absolute atomic E-state index is 0.0497. The smallest absolute Gasteiger partial charge is 0.214 e. The highest BCUT2D eigenvalue weighted by atomic mass is 32.1. The van der Waals surface area contributed by atoms with Crippen molar-refractivity contribution in [2.45, 2.75) is 64.5 Å². The Balaban J connectivity index is 1.42. The van der Waals surface area contributed by atoms with Crippen molar-refractivity contribution in [3.8, 4) is 0 Å². The summed E-state index contributed by atoms with van der Waals surface area (Å²) in [4.78, 5) is 5.60. The molecular weight excluding hydrogens is 320 g/mol. The Hall–Kier alpha value is -1.89. The van der Waals surface area contributed by atoms with Crippen LogP contribution >= 0.6 is 11.3 Å². The second kappa shape index (κ2) is 5.88. The van der Waals surface area contributed by atoms with Crippen molar-refractivity contribution >= 4 is 21.4 Å². The Morgan fingerprint density at radius 1 is 1.25 bits per heavy atom. The zero-order valence-electron chi connectivity index (χ0n) is 14.5. The molecule has 0 saturated heterocycles. The van der Waals surface area contributed by atoms with Crippen LogP contribution in [0.15, 0.2) is 18.5 Å². The van der Waals surface area contributed by atoms with Gasteiger partial charge in [0.1, 0.15) is 0 Å². The second-order valence-electron chi connectivity index (χ2n) is 7.59. The number of fused-ring (bicyclic) bond motifs is 1.